The van der Waals surface area contributed by atoms with Gasteiger partial charge in [-0.2, -0.15) is 0 Å². The van der Waals surface area contributed by atoms with E-state index in [1.165, 1.54) is 0 Å². The first-order valence-electron chi connectivity index (χ1n) is 4.05. The van der Waals surface area contributed by atoms with Crippen molar-refractivity contribution < 1.29 is 9.90 Å². The summed E-state index contributed by atoms with van der Waals surface area (Å²) in [6.07, 6.45) is 1.79. The van der Waals surface area contributed by atoms with E-state index in [1.54, 1.807) is 0 Å². The van der Waals surface area contributed by atoms with E-state index in [0.29, 0.717) is 12.3 Å². The molecule has 0 aromatic heterocycles. The van der Waals surface area contributed by atoms with Crippen LogP contribution in [0.15, 0.2) is 0 Å². The van der Waals surface area contributed by atoms with Crippen molar-refractivity contribution >= 4 is 5.97 Å². The van der Waals surface area contributed by atoms with Crippen molar-refractivity contribution in [2.75, 3.05) is 0 Å². The zero-order chi connectivity index (χ0) is 8.85. The summed E-state index contributed by atoms with van der Waals surface area (Å²) in [6, 6.07) is 0.0381. The van der Waals surface area contributed by atoms with E-state index >= 15 is 0 Å². The Hall–Kier alpha value is -0.570. The molecule has 0 radical (unpaired) electrons. The highest BCUT2D eigenvalue weighted by Crippen LogP contribution is 2.09. The van der Waals surface area contributed by atoms with Crippen LogP contribution in [-0.2, 0) is 4.79 Å². The van der Waals surface area contributed by atoms with Gasteiger partial charge < -0.3 is 10.8 Å². The van der Waals surface area contributed by atoms with Crippen LogP contribution >= 0.6 is 0 Å². The third-order valence-corrected chi connectivity index (χ3v) is 2.07. The van der Waals surface area contributed by atoms with Gasteiger partial charge in [-0.1, -0.05) is 20.3 Å². The molecule has 0 aliphatic carbocycles. The molecule has 0 saturated heterocycles. The van der Waals surface area contributed by atoms with Gasteiger partial charge in [-0.05, 0) is 12.3 Å². The summed E-state index contributed by atoms with van der Waals surface area (Å²) in [4.78, 5) is 10.2. The monoisotopic (exact) mass is 159 g/mol. The summed E-state index contributed by atoms with van der Waals surface area (Å²) in [5.74, 6) is -0.335. The van der Waals surface area contributed by atoms with Gasteiger partial charge in [0.2, 0.25) is 0 Å². The third-order valence-electron chi connectivity index (χ3n) is 2.07. The van der Waals surface area contributed by atoms with E-state index in [4.69, 9.17) is 10.8 Å². The molecule has 0 spiro atoms. The maximum atomic E-state index is 10.2. The first kappa shape index (κ1) is 10.4. The number of hydrogen-bond donors (Lipinski definition) is 2. The highest BCUT2D eigenvalue weighted by Gasteiger charge is 2.11. The summed E-state index contributed by atoms with van der Waals surface area (Å²) in [5.41, 5.74) is 5.71. The minimum absolute atomic E-state index is 0.0381. The molecular formula is C8H17NO2. The van der Waals surface area contributed by atoms with Crippen molar-refractivity contribution in [3.8, 4) is 0 Å². The quantitative estimate of drug-likeness (QED) is 0.634. The predicted molar refractivity (Wildman–Crippen MR) is 44.3 cm³/mol. The zero-order valence-corrected chi connectivity index (χ0v) is 7.21. The number of aliphatic carboxylic acids is 1. The minimum Gasteiger partial charge on any atom is -0.481 e. The smallest absolute Gasteiger partial charge is 0.303 e. The topological polar surface area (TPSA) is 63.3 Å². The zero-order valence-electron chi connectivity index (χ0n) is 7.21. The fraction of sp³-hybridized carbons (Fsp3) is 0.875. The van der Waals surface area contributed by atoms with Gasteiger partial charge in [0.1, 0.15) is 0 Å². The number of nitrogens with two attached hydrogens (primary N) is 1. The van der Waals surface area contributed by atoms with Crippen LogP contribution < -0.4 is 5.73 Å². The van der Waals surface area contributed by atoms with E-state index in [1.807, 2.05) is 6.92 Å². The van der Waals surface area contributed by atoms with E-state index in [9.17, 15) is 4.79 Å². The van der Waals surface area contributed by atoms with Gasteiger partial charge in [-0.25, -0.2) is 0 Å². The van der Waals surface area contributed by atoms with Gasteiger partial charge in [0.05, 0.1) is 0 Å². The Kier molecular flexibility index (Phi) is 4.86. The Morgan fingerprint density at radius 1 is 1.64 bits per heavy atom. The summed E-state index contributed by atoms with van der Waals surface area (Å²) in [6.45, 7) is 4.11. The number of rotatable bonds is 5. The SMILES string of the molecule is CCC(C)[C@@H](N)CCC(=O)O. The molecular weight excluding hydrogens is 142 g/mol. The van der Waals surface area contributed by atoms with E-state index in [0.717, 1.165) is 6.42 Å². The molecule has 3 nitrogen and oxygen atoms in total. The molecule has 66 valence electrons. The average Bonchev–Trinajstić information content (AvgIpc) is 1.98. The largest absolute Gasteiger partial charge is 0.481 e. The molecule has 2 atom stereocenters. The fourth-order valence-electron chi connectivity index (χ4n) is 0.877. The van der Waals surface area contributed by atoms with Crippen LogP contribution in [0.5, 0.6) is 0 Å². The maximum absolute atomic E-state index is 10.2. The first-order chi connectivity index (χ1) is 5.07. The van der Waals surface area contributed by atoms with Crippen LogP contribution in [0.4, 0.5) is 0 Å². The Bertz CT molecular complexity index is 125. The van der Waals surface area contributed by atoms with Crippen LogP contribution in [0.1, 0.15) is 33.1 Å². The fourth-order valence-corrected chi connectivity index (χ4v) is 0.877. The predicted octanol–water partition coefficient (Wildman–Crippen LogP) is 1.22. The van der Waals surface area contributed by atoms with Crippen LogP contribution in [-0.4, -0.2) is 17.1 Å². The summed E-state index contributed by atoms with van der Waals surface area (Å²) >= 11 is 0. The molecule has 0 fully saturated rings. The lowest BCUT2D eigenvalue weighted by Gasteiger charge is -2.16. The lowest BCUT2D eigenvalue weighted by molar-refractivity contribution is -0.137. The van der Waals surface area contributed by atoms with Crippen molar-refractivity contribution in [2.45, 2.75) is 39.2 Å². The molecule has 0 aromatic carbocycles. The highest BCUT2D eigenvalue weighted by molar-refractivity contribution is 5.66. The Labute approximate surface area is 67.6 Å². The second kappa shape index (κ2) is 5.13. The third kappa shape index (κ3) is 4.79. The van der Waals surface area contributed by atoms with Crippen molar-refractivity contribution in [3.63, 3.8) is 0 Å². The summed E-state index contributed by atoms with van der Waals surface area (Å²) in [7, 11) is 0. The average molecular weight is 159 g/mol. The van der Waals surface area contributed by atoms with Crippen molar-refractivity contribution in [3.05, 3.63) is 0 Å². The first-order valence-corrected chi connectivity index (χ1v) is 4.05. The molecule has 0 rings (SSSR count). The maximum Gasteiger partial charge on any atom is 0.303 e. The van der Waals surface area contributed by atoms with Crippen LogP contribution in [0.2, 0.25) is 0 Å². The molecule has 3 N–H and O–H groups in total. The summed E-state index contributed by atoms with van der Waals surface area (Å²) < 4.78 is 0. The summed E-state index contributed by atoms with van der Waals surface area (Å²) in [5, 5.41) is 8.36. The molecule has 0 saturated carbocycles. The number of hydrogen-bond acceptors (Lipinski definition) is 2. The molecule has 0 aliphatic rings. The van der Waals surface area contributed by atoms with Gasteiger partial charge in [-0.15, -0.1) is 0 Å². The van der Waals surface area contributed by atoms with Crippen molar-refractivity contribution in [2.24, 2.45) is 11.7 Å². The molecule has 11 heavy (non-hydrogen) atoms. The normalized spacial score (nSPS) is 15.9. The number of carboxylic acid groups (broad SMARTS) is 1. The number of carboxylic acids is 1. The van der Waals surface area contributed by atoms with Crippen LogP contribution in [0.25, 0.3) is 0 Å². The lowest BCUT2D eigenvalue weighted by Crippen LogP contribution is -2.28. The van der Waals surface area contributed by atoms with E-state index < -0.39 is 5.97 Å². The Morgan fingerprint density at radius 2 is 2.18 bits per heavy atom. The molecule has 3 heteroatoms. The molecule has 0 bridgehead atoms. The molecule has 0 heterocycles. The van der Waals surface area contributed by atoms with Crippen LogP contribution in [0, 0.1) is 5.92 Å². The van der Waals surface area contributed by atoms with Crippen LogP contribution in [0.3, 0.4) is 0 Å². The van der Waals surface area contributed by atoms with Gasteiger partial charge >= 0.3 is 5.97 Å². The molecule has 0 aromatic rings. The van der Waals surface area contributed by atoms with Gasteiger partial charge in [-0.3, -0.25) is 4.79 Å². The Balaban J connectivity index is 3.51. The minimum atomic E-state index is -0.760. The van der Waals surface area contributed by atoms with E-state index in [2.05, 4.69) is 6.92 Å². The van der Waals surface area contributed by atoms with Crippen molar-refractivity contribution in [1.29, 1.82) is 0 Å². The number of carbonyl (C=O) groups is 1. The molecule has 0 aliphatic heterocycles. The standard InChI is InChI=1S/C8H17NO2/c1-3-6(2)7(9)4-5-8(10)11/h6-7H,3-5,9H2,1-2H3,(H,10,11)/t6?,7-/m0/s1. The van der Waals surface area contributed by atoms with Gasteiger partial charge in [0.25, 0.3) is 0 Å². The van der Waals surface area contributed by atoms with E-state index in [-0.39, 0.29) is 12.5 Å². The molecule has 1 unspecified atom stereocenters. The van der Waals surface area contributed by atoms with Gasteiger partial charge in [0.15, 0.2) is 0 Å². The second-order valence-electron chi connectivity index (χ2n) is 2.98. The molecule has 0 amide bonds. The second-order valence-corrected chi connectivity index (χ2v) is 2.98. The van der Waals surface area contributed by atoms with Gasteiger partial charge in [0, 0.05) is 12.5 Å². The Morgan fingerprint density at radius 3 is 2.55 bits per heavy atom. The van der Waals surface area contributed by atoms with Crippen molar-refractivity contribution in [1.82, 2.24) is 0 Å². The lowest BCUT2D eigenvalue weighted by atomic mass is 9.96. The highest BCUT2D eigenvalue weighted by atomic mass is 16.4.